The summed E-state index contributed by atoms with van der Waals surface area (Å²) < 4.78 is 2.41. The standard InChI is InChI=1S/C11H17N3S.2C2H6/c1-13-6-8-14(9-7-13)15-11-4-2-10(12)3-5-11;2*1-2/h2-5H,6-9,12H2,1H3;2*1-2H3. The van der Waals surface area contributed by atoms with Crippen LogP contribution in [0, 0.1) is 0 Å². The maximum atomic E-state index is 5.65. The van der Waals surface area contributed by atoms with Crippen molar-refractivity contribution in [3.63, 3.8) is 0 Å². The van der Waals surface area contributed by atoms with Crippen molar-refractivity contribution in [2.75, 3.05) is 39.0 Å². The number of piperazine rings is 1. The minimum atomic E-state index is 0.831. The van der Waals surface area contributed by atoms with Crippen LogP contribution in [-0.4, -0.2) is 42.4 Å². The molecule has 1 saturated heterocycles. The van der Waals surface area contributed by atoms with Gasteiger partial charge in [0.15, 0.2) is 0 Å². The Labute approximate surface area is 123 Å². The summed E-state index contributed by atoms with van der Waals surface area (Å²) in [6, 6.07) is 8.08. The minimum absolute atomic E-state index is 0.831. The van der Waals surface area contributed by atoms with E-state index in [4.69, 9.17) is 5.73 Å². The first-order valence-corrected chi connectivity index (χ1v) is 7.98. The number of benzene rings is 1. The van der Waals surface area contributed by atoms with E-state index >= 15 is 0 Å². The molecule has 1 fully saturated rings. The molecule has 0 unspecified atom stereocenters. The third kappa shape index (κ3) is 7.45. The highest BCUT2D eigenvalue weighted by molar-refractivity contribution is 7.97. The lowest BCUT2D eigenvalue weighted by molar-refractivity contribution is 0.233. The molecule has 2 rings (SSSR count). The largest absolute Gasteiger partial charge is 0.399 e. The second-order valence-corrected chi connectivity index (χ2v) is 5.06. The van der Waals surface area contributed by atoms with Crippen molar-refractivity contribution in [1.82, 2.24) is 9.21 Å². The zero-order valence-corrected chi connectivity index (χ0v) is 13.8. The maximum Gasteiger partial charge on any atom is 0.0314 e. The Hall–Kier alpha value is -0.710. The first-order chi connectivity index (χ1) is 9.24. The lowest BCUT2D eigenvalue weighted by Crippen LogP contribution is -2.40. The van der Waals surface area contributed by atoms with Gasteiger partial charge in [-0.15, -0.1) is 0 Å². The molecular weight excluding hydrogens is 254 g/mol. The molecule has 0 atom stereocenters. The van der Waals surface area contributed by atoms with E-state index in [1.165, 1.54) is 4.90 Å². The van der Waals surface area contributed by atoms with E-state index in [1.54, 1.807) is 0 Å². The van der Waals surface area contributed by atoms with Crippen LogP contribution in [0.5, 0.6) is 0 Å². The van der Waals surface area contributed by atoms with Gasteiger partial charge in [-0.25, -0.2) is 4.31 Å². The van der Waals surface area contributed by atoms with E-state index in [0.29, 0.717) is 0 Å². The number of anilines is 1. The van der Waals surface area contributed by atoms with Crippen molar-refractivity contribution in [1.29, 1.82) is 0 Å². The van der Waals surface area contributed by atoms with Gasteiger partial charge in [-0.2, -0.15) is 0 Å². The average Bonchev–Trinajstić information content (AvgIpc) is 2.48. The van der Waals surface area contributed by atoms with Gasteiger partial charge in [0.05, 0.1) is 0 Å². The molecule has 4 heteroatoms. The number of rotatable bonds is 2. The van der Waals surface area contributed by atoms with Crippen LogP contribution in [0.4, 0.5) is 5.69 Å². The van der Waals surface area contributed by atoms with Crippen molar-refractivity contribution in [3.8, 4) is 0 Å². The summed E-state index contributed by atoms with van der Waals surface area (Å²) in [4.78, 5) is 3.63. The molecular formula is C15H29N3S. The van der Waals surface area contributed by atoms with Crippen LogP contribution in [0.1, 0.15) is 27.7 Å². The fraction of sp³-hybridized carbons (Fsp3) is 0.600. The van der Waals surface area contributed by atoms with Gasteiger partial charge >= 0.3 is 0 Å². The number of hydrogen-bond donors (Lipinski definition) is 1. The highest BCUT2D eigenvalue weighted by Crippen LogP contribution is 2.24. The molecule has 0 bridgehead atoms. The lowest BCUT2D eigenvalue weighted by Gasteiger charge is -2.31. The molecule has 1 aromatic carbocycles. The molecule has 0 saturated carbocycles. The summed E-state index contributed by atoms with van der Waals surface area (Å²) in [6.07, 6.45) is 0. The fourth-order valence-electron chi connectivity index (χ4n) is 1.56. The van der Waals surface area contributed by atoms with E-state index in [0.717, 1.165) is 31.9 Å². The summed E-state index contributed by atoms with van der Waals surface area (Å²) in [7, 11) is 2.17. The van der Waals surface area contributed by atoms with Crippen LogP contribution in [0.25, 0.3) is 0 Å². The van der Waals surface area contributed by atoms with E-state index < -0.39 is 0 Å². The van der Waals surface area contributed by atoms with E-state index in [1.807, 2.05) is 51.8 Å². The Morgan fingerprint density at radius 1 is 0.895 bits per heavy atom. The van der Waals surface area contributed by atoms with Crippen molar-refractivity contribution >= 4 is 17.6 Å². The molecule has 1 aliphatic rings. The van der Waals surface area contributed by atoms with Crippen LogP contribution in [0.2, 0.25) is 0 Å². The Morgan fingerprint density at radius 2 is 1.37 bits per heavy atom. The van der Waals surface area contributed by atoms with Gasteiger partial charge in [0.25, 0.3) is 0 Å². The molecule has 1 aromatic rings. The minimum Gasteiger partial charge on any atom is -0.399 e. The van der Waals surface area contributed by atoms with Crippen LogP contribution in [0.3, 0.4) is 0 Å². The van der Waals surface area contributed by atoms with Crippen LogP contribution in [0.15, 0.2) is 29.2 Å². The number of nitrogens with zero attached hydrogens (tertiary/aromatic N) is 2. The first kappa shape index (κ1) is 18.3. The highest BCUT2D eigenvalue weighted by atomic mass is 32.2. The van der Waals surface area contributed by atoms with Gasteiger partial charge in [-0.3, -0.25) is 0 Å². The molecule has 1 aliphatic heterocycles. The quantitative estimate of drug-likeness (QED) is 0.664. The second-order valence-electron chi connectivity index (χ2n) is 3.89. The highest BCUT2D eigenvalue weighted by Gasteiger charge is 2.14. The lowest BCUT2D eigenvalue weighted by atomic mass is 10.3. The van der Waals surface area contributed by atoms with E-state index in [-0.39, 0.29) is 0 Å². The summed E-state index contributed by atoms with van der Waals surface area (Å²) in [6.45, 7) is 12.6. The molecule has 3 nitrogen and oxygen atoms in total. The predicted molar refractivity (Wildman–Crippen MR) is 88.5 cm³/mol. The number of hydrogen-bond acceptors (Lipinski definition) is 4. The third-order valence-electron chi connectivity index (χ3n) is 2.58. The molecule has 0 spiro atoms. The molecule has 0 amide bonds. The van der Waals surface area contributed by atoms with E-state index in [9.17, 15) is 0 Å². The third-order valence-corrected chi connectivity index (χ3v) is 3.68. The Bertz CT molecular complexity index is 306. The SMILES string of the molecule is CC.CC.CN1CCN(Sc2ccc(N)cc2)CC1. The molecule has 0 aromatic heterocycles. The van der Waals surface area contributed by atoms with Crippen molar-refractivity contribution in [2.24, 2.45) is 0 Å². The van der Waals surface area contributed by atoms with Gasteiger partial charge in [-0.05, 0) is 43.3 Å². The summed E-state index contributed by atoms with van der Waals surface area (Å²) in [5.41, 5.74) is 6.48. The zero-order chi connectivity index (χ0) is 14.7. The number of likely N-dealkylation sites (N-methyl/N-ethyl adjacent to an activating group) is 1. The second kappa shape index (κ2) is 11.1. The van der Waals surface area contributed by atoms with Gasteiger partial charge < -0.3 is 10.6 Å². The number of nitrogen functional groups attached to an aromatic ring is 1. The summed E-state index contributed by atoms with van der Waals surface area (Å²) in [5.74, 6) is 0. The Kier molecular flexibility index (Phi) is 10.7. The normalized spacial score (nSPS) is 15.8. The van der Waals surface area contributed by atoms with Crippen molar-refractivity contribution in [2.45, 2.75) is 32.6 Å². The molecule has 110 valence electrons. The predicted octanol–water partition coefficient (Wildman–Crippen LogP) is 3.58. The van der Waals surface area contributed by atoms with Crippen LogP contribution < -0.4 is 5.73 Å². The molecule has 2 N–H and O–H groups in total. The van der Waals surface area contributed by atoms with Crippen LogP contribution in [-0.2, 0) is 0 Å². The van der Waals surface area contributed by atoms with Crippen molar-refractivity contribution in [3.05, 3.63) is 24.3 Å². The zero-order valence-electron chi connectivity index (χ0n) is 13.0. The van der Waals surface area contributed by atoms with Crippen LogP contribution >= 0.6 is 11.9 Å². The summed E-state index contributed by atoms with van der Waals surface area (Å²) in [5, 5.41) is 0. The molecule has 0 radical (unpaired) electrons. The summed E-state index contributed by atoms with van der Waals surface area (Å²) >= 11 is 1.83. The number of nitrogens with two attached hydrogens (primary N) is 1. The average molecular weight is 283 g/mol. The van der Waals surface area contributed by atoms with Crippen molar-refractivity contribution < 1.29 is 0 Å². The topological polar surface area (TPSA) is 32.5 Å². The van der Waals surface area contributed by atoms with Gasteiger partial charge in [0.1, 0.15) is 0 Å². The van der Waals surface area contributed by atoms with Gasteiger partial charge in [-0.1, -0.05) is 27.7 Å². The monoisotopic (exact) mass is 283 g/mol. The smallest absolute Gasteiger partial charge is 0.0314 e. The maximum absolute atomic E-state index is 5.65. The fourth-order valence-corrected chi connectivity index (χ4v) is 2.46. The first-order valence-electron chi connectivity index (χ1n) is 7.21. The van der Waals surface area contributed by atoms with Gasteiger partial charge in [0.2, 0.25) is 0 Å². The van der Waals surface area contributed by atoms with Gasteiger partial charge in [0, 0.05) is 36.8 Å². The van der Waals surface area contributed by atoms with E-state index in [2.05, 4.69) is 28.4 Å². The molecule has 1 heterocycles. The Balaban J connectivity index is 0.000000741. The Morgan fingerprint density at radius 3 is 1.84 bits per heavy atom. The molecule has 0 aliphatic carbocycles. The molecule has 19 heavy (non-hydrogen) atoms.